The van der Waals surface area contributed by atoms with Crippen molar-refractivity contribution in [1.82, 2.24) is 9.97 Å². The third kappa shape index (κ3) is 3.98. The van der Waals surface area contributed by atoms with Crippen molar-refractivity contribution in [3.05, 3.63) is 157 Å². The molecule has 0 N–H and O–H groups in total. The number of aromatic nitrogens is 2. The molecule has 0 saturated heterocycles. The van der Waals surface area contributed by atoms with Gasteiger partial charge < -0.3 is 0 Å². The molecule has 212 valence electrons. The molecule has 8 aromatic rings. The summed E-state index contributed by atoms with van der Waals surface area (Å²) < 4.78 is 0. The molecule has 0 amide bonds. The Morgan fingerprint density at radius 2 is 1.11 bits per heavy atom. The fourth-order valence-corrected chi connectivity index (χ4v) is 7.04. The summed E-state index contributed by atoms with van der Waals surface area (Å²) in [4.78, 5) is 10.6. The zero-order valence-corrected chi connectivity index (χ0v) is 24.8. The summed E-state index contributed by atoms with van der Waals surface area (Å²) in [6.45, 7) is 0. The van der Waals surface area contributed by atoms with Gasteiger partial charge in [-0.3, -0.25) is 0 Å². The molecule has 1 heterocycles. The highest BCUT2D eigenvalue weighted by molar-refractivity contribution is 6.22. The Bertz CT molecular complexity index is 2500. The van der Waals surface area contributed by atoms with Crippen molar-refractivity contribution in [3.8, 4) is 73.2 Å². The van der Waals surface area contributed by atoms with Crippen LogP contribution in [0.25, 0.3) is 88.8 Å². The number of para-hydroxylation sites is 1. The first-order valence-corrected chi connectivity index (χ1v) is 15.4. The van der Waals surface area contributed by atoms with E-state index >= 15 is 0 Å². The number of nitrogens with zero attached hydrogens (tertiary/aromatic N) is 3. The molecule has 3 nitrogen and oxygen atoms in total. The molecule has 0 radical (unpaired) electrons. The Hall–Kier alpha value is -6.37. The minimum absolute atomic E-state index is 0.619. The molecule has 3 heteroatoms. The Labute approximate surface area is 266 Å². The molecule has 0 aliphatic heterocycles. The first-order chi connectivity index (χ1) is 22.8. The van der Waals surface area contributed by atoms with E-state index in [0.717, 1.165) is 50.0 Å². The van der Waals surface area contributed by atoms with Gasteiger partial charge in [0.15, 0.2) is 5.82 Å². The lowest BCUT2D eigenvalue weighted by atomic mass is 9.84. The highest BCUT2D eigenvalue weighted by atomic mass is 14.9. The summed E-state index contributed by atoms with van der Waals surface area (Å²) in [6.07, 6.45) is 0. The summed E-state index contributed by atoms with van der Waals surface area (Å²) in [5.41, 5.74) is 13.8. The van der Waals surface area contributed by atoms with Crippen LogP contribution in [-0.4, -0.2) is 9.97 Å². The number of hydrogen-bond acceptors (Lipinski definition) is 3. The van der Waals surface area contributed by atoms with Crippen LogP contribution >= 0.6 is 0 Å². The predicted octanol–water partition coefficient (Wildman–Crippen LogP) is 11.0. The van der Waals surface area contributed by atoms with Gasteiger partial charge in [-0.25, -0.2) is 9.97 Å². The van der Waals surface area contributed by atoms with E-state index in [1.807, 2.05) is 36.4 Å². The van der Waals surface area contributed by atoms with Crippen molar-refractivity contribution >= 4 is 21.7 Å². The van der Waals surface area contributed by atoms with Gasteiger partial charge in [-0.05, 0) is 74.0 Å². The lowest BCUT2D eigenvalue weighted by Crippen LogP contribution is -2.00. The van der Waals surface area contributed by atoms with Crippen molar-refractivity contribution in [2.24, 2.45) is 0 Å². The van der Waals surface area contributed by atoms with E-state index in [-0.39, 0.29) is 0 Å². The number of nitriles is 1. The average molecular weight is 584 g/mol. The second-order valence-electron chi connectivity index (χ2n) is 11.6. The number of benzene rings is 7. The zero-order valence-electron chi connectivity index (χ0n) is 24.8. The van der Waals surface area contributed by atoms with Crippen LogP contribution in [0.3, 0.4) is 0 Å². The van der Waals surface area contributed by atoms with E-state index in [0.29, 0.717) is 11.4 Å². The Morgan fingerprint density at radius 3 is 1.83 bits per heavy atom. The third-order valence-corrected chi connectivity index (χ3v) is 9.05. The SMILES string of the molecule is N#Cc1ccc(-c2nc(-c3cc(-c4ccccc4)c4c(c3-c3ccccc3)-c3cccc5cccc-4c35)nc3ccccc23)cc1. The van der Waals surface area contributed by atoms with Gasteiger partial charge in [0, 0.05) is 22.1 Å². The molecule has 0 fully saturated rings. The topological polar surface area (TPSA) is 49.6 Å². The van der Waals surface area contributed by atoms with Crippen LogP contribution in [0, 0.1) is 11.3 Å². The molecule has 7 aromatic carbocycles. The predicted molar refractivity (Wildman–Crippen MR) is 188 cm³/mol. The van der Waals surface area contributed by atoms with Crippen LogP contribution in [0.1, 0.15) is 5.56 Å². The largest absolute Gasteiger partial charge is 0.228 e. The fourth-order valence-electron chi connectivity index (χ4n) is 7.04. The second kappa shape index (κ2) is 10.4. The summed E-state index contributed by atoms with van der Waals surface area (Å²) in [5.74, 6) is 0.667. The molecule has 46 heavy (non-hydrogen) atoms. The molecule has 9 rings (SSSR count). The number of rotatable bonds is 4. The van der Waals surface area contributed by atoms with Gasteiger partial charge in [-0.15, -0.1) is 0 Å². The molecule has 1 aromatic heterocycles. The highest BCUT2D eigenvalue weighted by Gasteiger charge is 2.31. The third-order valence-electron chi connectivity index (χ3n) is 9.05. The Balaban J connectivity index is 1.44. The standard InChI is InChI=1S/C43H25N3/c44-26-27-21-23-31(24-22-27)42-32-17-7-8-20-37(32)45-43(46-42)36-25-35(28-11-3-1-4-12-28)40-33-18-9-15-29-16-10-19-34(38(29)33)41(40)39(36)30-13-5-2-6-14-30/h1-25H. The smallest absolute Gasteiger partial charge is 0.161 e. The number of fused-ring (bicyclic) bond motifs is 4. The van der Waals surface area contributed by atoms with Crippen molar-refractivity contribution in [2.75, 3.05) is 0 Å². The van der Waals surface area contributed by atoms with E-state index < -0.39 is 0 Å². The van der Waals surface area contributed by atoms with Gasteiger partial charge in [0.05, 0.1) is 22.8 Å². The monoisotopic (exact) mass is 583 g/mol. The van der Waals surface area contributed by atoms with E-state index in [9.17, 15) is 5.26 Å². The quantitative estimate of drug-likeness (QED) is 0.207. The molecular weight excluding hydrogens is 558 g/mol. The zero-order chi connectivity index (χ0) is 30.6. The number of hydrogen-bond donors (Lipinski definition) is 0. The van der Waals surface area contributed by atoms with Gasteiger partial charge in [0.25, 0.3) is 0 Å². The minimum atomic E-state index is 0.619. The Morgan fingerprint density at radius 1 is 0.457 bits per heavy atom. The molecule has 1 aliphatic rings. The van der Waals surface area contributed by atoms with Crippen molar-refractivity contribution < 1.29 is 0 Å². The van der Waals surface area contributed by atoms with Crippen molar-refractivity contribution in [1.29, 1.82) is 5.26 Å². The maximum Gasteiger partial charge on any atom is 0.161 e. The fraction of sp³-hybridized carbons (Fsp3) is 0. The van der Waals surface area contributed by atoms with E-state index in [2.05, 4.69) is 121 Å². The summed E-state index contributed by atoms with van der Waals surface area (Å²) in [6, 6.07) is 54.9. The normalized spacial score (nSPS) is 11.5. The molecule has 0 spiro atoms. The van der Waals surface area contributed by atoms with Crippen LogP contribution in [0.5, 0.6) is 0 Å². The summed E-state index contributed by atoms with van der Waals surface area (Å²) in [5, 5.41) is 12.9. The summed E-state index contributed by atoms with van der Waals surface area (Å²) in [7, 11) is 0. The molecule has 0 atom stereocenters. The first kappa shape index (κ1) is 26.1. The first-order valence-electron chi connectivity index (χ1n) is 15.4. The second-order valence-corrected chi connectivity index (χ2v) is 11.6. The molecule has 0 unspecified atom stereocenters. The minimum Gasteiger partial charge on any atom is -0.228 e. The van der Waals surface area contributed by atoms with Crippen LogP contribution in [0.2, 0.25) is 0 Å². The van der Waals surface area contributed by atoms with Crippen LogP contribution in [0.4, 0.5) is 0 Å². The lowest BCUT2D eigenvalue weighted by Gasteiger charge is -2.20. The van der Waals surface area contributed by atoms with Gasteiger partial charge in [-0.2, -0.15) is 5.26 Å². The molecule has 1 aliphatic carbocycles. The van der Waals surface area contributed by atoms with Gasteiger partial charge in [0.2, 0.25) is 0 Å². The van der Waals surface area contributed by atoms with Crippen molar-refractivity contribution in [2.45, 2.75) is 0 Å². The maximum absolute atomic E-state index is 9.44. The van der Waals surface area contributed by atoms with Crippen LogP contribution < -0.4 is 0 Å². The van der Waals surface area contributed by atoms with E-state index in [4.69, 9.17) is 9.97 Å². The van der Waals surface area contributed by atoms with E-state index in [1.54, 1.807) is 0 Å². The molecular formula is C43H25N3. The van der Waals surface area contributed by atoms with Gasteiger partial charge in [0.1, 0.15) is 0 Å². The van der Waals surface area contributed by atoms with Crippen LogP contribution in [-0.2, 0) is 0 Å². The van der Waals surface area contributed by atoms with Gasteiger partial charge >= 0.3 is 0 Å². The Kier molecular flexibility index (Phi) is 5.88. The average Bonchev–Trinajstić information content (AvgIpc) is 3.47. The lowest BCUT2D eigenvalue weighted by molar-refractivity contribution is 1.23. The highest BCUT2D eigenvalue weighted by Crippen LogP contribution is 2.56. The van der Waals surface area contributed by atoms with Gasteiger partial charge in [-0.1, -0.05) is 127 Å². The van der Waals surface area contributed by atoms with Crippen LogP contribution in [0.15, 0.2) is 152 Å². The van der Waals surface area contributed by atoms with Crippen molar-refractivity contribution in [3.63, 3.8) is 0 Å². The molecule has 0 saturated carbocycles. The maximum atomic E-state index is 9.44. The summed E-state index contributed by atoms with van der Waals surface area (Å²) >= 11 is 0. The van der Waals surface area contributed by atoms with E-state index in [1.165, 1.54) is 33.0 Å². The molecule has 0 bridgehead atoms.